The Labute approximate surface area is 202 Å². The predicted octanol–water partition coefficient (Wildman–Crippen LogP) is 5.22. The Hall–Kier alpha value is -3.09. The number of piperidine rings is 1. The van der Waals surface area contributed by atoms with E-state index in [1.165, 1.54) is 11.3 Å². The summed E-state index contributed by atoms with van der Waals surface area (Å²) < 4.78 is 0. The largest absolute Gasteiger partial charge is 0.382 e. The molecule has 2 N–H and O–H groups in total. The van der Waals surface area contributed by atoms with E-state index < -0.39 is 0 Å². The van der Waals surface area contributed by atoms with Gasteiger partial charge in [0.15, 0.2) is 0 Å². The molecule has 2 aromatic carbocycles. The summed E-state index contributed by atoms with van der Waals surface area (Å²) >= 11 is 0. The fraction of sp³-hybridized carbons (Fsp3) is 0.519. The van der Waals surface area contributed by atoms with Gasteiger partial charge in [-0.25, -0.2) is 0 Å². The number of aryl methyl sites for hydroxylation is 2. The maximum Gasteiger partial charge on any atom is 0.272 e. The van der Waals surface area contributed by atoms with Crippen LogP contribution < -0.4 is 15.5 Å². The monoisotopic (exact) mass is 464 g/mol. The molecule has 4 rings (SSSR count). The summed E-state index contributed by atoms with van der Waals surface area (Å²) in [6, 6.07) is 14.2. The standard InChI is InChI=1S/C27H36N4O3/c1-19-3-10-25(11-4-19)30-15-13-22(14-16-30)27(32)28-18-21-5-7-23(8-6-21)29-24-9-12-26(31(33)34)20(2)17-24/h3-4,9-12,17,21-23,29H,5-8,13-16,18H2,1-2H3,(H,28,32). The lowest BCUT2D eigenvalue weighted by Crippen LogP contribution is -2.42. The Balaban J connectivity index is 1.16. The number of hydrogen-bond acceptors (Lipinski definition) is 5. The molecule has 34 heavy (non-hydrogen) atoms. The molecule has 1 heterocycles. The number of nitro groups is 1. The van der Waals surface area contributed by atoms with Crippen molar-refractivity contribution in [3.63, 3.8) is 0 Å². The molecule has 182 valence electrons. The number of carbonyl (C=O) groups excluding carboxylic acids is 1. The van der Waals surface area contributed by atoms with Gasteiger partial charge in [0.2, 0.25) is 5.91 Å². The van der Waals surface area contributed by atoms with E-state index in [-0.39, 0.29) is 22.4 Å². The lowest BCUT2D eigenvalue weighted by Gasteiger charge is -2.34. The van der Waals surface area contributed by atoms with Gasteiger partial charge in [0, 0.05) is 54.6 Å². The van der Waals surface area contributed by atoms with E-state index in [0.29, 0.717) is 17.5 Å². The Bertz CT molecular complexity index is 991. The highest BCUT2D eigenvalue weighted by Gasteiger charge is 2.27. The molecule has 0 unspecified atom stereocenters. The van der Waals surface area contributed by atoms with Crippen molar-refractivity contribution in [2.24, 2.45) is 11.8 Å². The molecule has 7 heteroatoms. The lowest BCUT2D eigenvalue weighted by atomic mass is 9.85. The number of nitrogens with one attached hydrogen (secondary N) is 2. The number of amides is 1. The highest BCUT2D eigenvalue weighted by molar-refractivity contribution is 5.79. The van der Waals surface area contributed by atoms with Crippen molar-refractivity contribution in [1.82, 2.24) is 5.32 Å². The predicted molar refractivity (Wildman–Crippen MR) is 136 cm³/mol. The van der Waals surface area contributed by atoms with Gasteiger partial charge in [0.1, 0.15) is 0 Å². The van der Waals surface area contributed by atoms with Crippen LogP contribution in [0.15, 0.2) is 42.5 Å². The fourth-order valence-electron chi connectivity index (χ4n) is 5.24. The Morgan fingerprint density at radius 1 is 1.00 bits per heavy atom. The maximum atomic E-state index is 12.8. The highest BCUT2D eigenvalue weighted by atomic mass is 16.6. The quantitative estimate of drug-likeness (QED) is 0.434. The van der Waals surface area contributed by atoms with Crippen LogP contribution in [0.3, 0.4) is 0 Å². The zero-order chi connectivity index (χ0) is 24.1. The molecule has 1 saturated carbocycles. The number of hydrogen-bond donors (Lipinski definition) is 2. The molecule has 2 fully saturated rings. The van der Waals surface area contributed by atoms with Crippen LogP contribution in [0.4, 0.5) is 17.1 Å². The van der Waals surface area contributed by atoms with Gasteiger partial charge < -0.3 is 15.5 Å². The summed E-state index contributed by atoms with van der Waals surface area (Å²) in [5, 5.41) is 17.8. The van der Waals surface area contributed by atoms with Crippen LogP contribution in [0.25, 0.3) is 0 Å². The molecule has 7 nitrogen and oxygen atoms in total. The topological polar surface area (TPSA) is 87.5 Å². The summed E-state index contributed by atoms with van der Waals surface area (Å²) in [6.45, 7) is 6.50. The third kappa shape index (κ3) is 6.07. The molecule has 0 atom stereocenters. The van der Waals surface area contributed by atoms with Crippen LogP contribution in [0.2, 0.25) is 0 Å². The number of nitrogens with zero attached hydrogens (tertiary/aromatic N) is 2. The smallest absolute Gasteiger partial charge is 0.272 e. The van der Waals surface area contributed by atoms with Crippen molar-refractivity contribution >= 4 is 23.0 Å². The van der Waals surface area contributed by atoms with E-state index in [4.69, 9.17) is 0 Å². The highest BCUT2D eigenvalue weighted by Crippen LogP contribution is 2.29. The van der Waals surface area contributed by atoms with Gasteiger partial charge in [-0.2, -0.15) is 0 Å². The minimum absolute atomic E-state index is 0.116. The summed E-state index contributed by atoms with van der Waals surface area (Å²) in [5.74, 6) is 0.850. The van der Waals surface area contributed by atoms with Crippen LogP contribution >= 0.6 is 0 Å². The minimum atomic E-state index is -0.341. The minimum Gasteiger partial charge on any atom is -0.382 e. The number of carbonyl (C=O) groups is 1. The second-order valence-electron chi connectivity index (χ2n) is 9.96. The molecule has 0 spiro atoms. The van der Waals surface area contributed by atoms with Crippen LogP contribution in [0.1, 0.15) is 49.7 Å². The summed E-state index contributed by atoms with van der Waals surface area (Å²) in [5.41, 5.74) is 4.29. The van der Waals surface area contributed by atoms with Gasteiger partial charge in [-0.15, -0.1) is 0 Å². The average molecular weight is 465 g/mol. The summed E-state index contributed by atoms with van der Waals surface area (Å²) in [7, 11) is 0. The first-order valence-electron chi connectivity index (χ1n) is 12.5. The number of rotatable bonds is 7. The number of benzene rings is 2. The zero-order valence-corrected chi connectivity index (χ0v) is 20.3. The van der Waals surface area contributed by atoms with E-state index in [1.807, 2.05) is 6.07 Å². The van der Waals surface area contributed by atoms with Crippen molar-refractivity contribution in [2.45, 2.75) is 58.4 Å². The Morgan fingerprint density at radius 3 is 2.29 bits per heavy atom. The molecule has 1 amide bonds. The molecule has 2 aliphatic rings. The Kier molecular flexibility index (Phi) is 7.70. The maximum absolute atomic E-state index is 12.8. The lowest BCUT2D eigenvalue weighted by molar-refractivity contribution is -0.385. The zero-order valence-electron chi connectivity index (χ0n) is 20.3. The Morgan fingerprint density at radius 2 is 1.68 bits per heavy atom. The van der Waals surface area contributed by atoms with Crippen molar-refractivity contribution in [3.8, 4) is 0 Å². The van der Waals surface area contributed by atoms with Gasteiger partial charge in [-0.05, 0) is 82.6 Å². The van der Waals surface area contributed by atoms with E-state index in [0.717, 1.165) is 63.8 Å². The van der Waals surface area contributed by atoms with Crippen molar-refractivity contribution in [3.05, 3.63) is 63.7 Å². The molecule has 1 aliphatic carbocycles. The second kappa shape index (κ2) is 10.9. The summed E-state index contributed by atoms with van der Waals surface area (Å²) in [4.78, 5) is 25.8. The molecule has 0 radical (unpaired) electrons. The molecular weight excluding hydrogens is 428 g/mol. The van der Waals surface area contributed by atoms with Crippen molar-refractivity contribution < 1.29 is 9.72 Å². The van der Waals surface area contributed by atoms with Gasteiger partial charge in [-0.1, -0.05) is 17.7 Å². The van der Waals surface area contributed by atoms with Crippen LogP contribution in [-0.4, -0.2) is 36.5 Å². The van der Waals surface area contributed by atoms with Gasteiger partial charge in [0.05, 0.1) is 4.92 Å². The molecule has 1 aliphatic heterocycles. The SMILES string of the molecule is Cc1ccc(N2CCC(C(=O)NCC3CCC(Nc4ccc([N+](=O)[O-])c(C)c4)CC3)CC2)cc1. The third-order valence-electron chi connectivity index (χ3n) is 7.44. The molecule has 0 aromatic heterocycles. The van der Waals surface area contributed by atoms with Crippen LogP contribution in [0.5, 0.6) is 0 Å². The normalized spacial score (nSPS) is 21.2. The van der Waals surface area contributed by atoms with E-state index in [1.54, 1.807) is 19.1 Å². The van der Waals surface area contributed by atoms with Gasteiger partial charge in [-0.3, -0.25) is 14.9 Å². The van der Waals surface area contributed by atoms with Crippen LogP contribution in [0, 0.1) is 35.8 Å². The first kappa shape index (κ1) is 24.0. The van der Waals surface area contributed by atoms with Crippen molar-refractivity contribution in [1.29, 1.82) is 0 Å². The second-order valence-corrected chi connectivity index (χ2v) is 9.96. The van der Waals surface area contributed by atoms with Crippen molar-refractivity contribution in [2.75, 3.05) is 29.9 Å². The van der Waals surface area contributed by atoms with E-state index in [2.05, 4.69) is 46.7 Å². The van der Waals surface area contributed by atoms with Crippen LogP contribution in [-0.2, 0) is 4.79 Å². The fourth-order valence-corrected chi connectivity index (χ4v) is 5.24. The first-order valence-corrected chi connectivity index (χ1v) is 12.5. The van der Waals surface area contributed by atoms with Gasteiger partial charge in [0.25, 0.3) is 5.69 Å². The van der Waals surface area contributed by atoms with E-state index >= 15 is 0 Å². The first-order chi connectivity index (χ1) is 16.4. The number of anilines is 2. The third-order valence-corrected chi connectivity index (χ3v) is 7.44. The number of nitro benzene ring substituents is 1. The van der Waals surface area contributed by atoms with E-state index in [9.17, 15) is 14.9 Å². The molecule has 2 aromatic rings. The molecule has 1 saturated heterocycles. The molecular formula is C27H36N4O3. The molecule has 0 bridgehead atoms. The summed E-state index contributed by atoms with van der Waals surface area (Å²) in [6.07, 6.45) is 6.07. The average Bonchev–Trinajstić information content (AvgIpc) is 2.84. The van der Waals surface area contributed by atoms with Gasteiger partial charge >= 0.3 is 0 Å².